The number of nitrogens with zero attached hydrogens (tertiary/aromatic N) is 1. The molecule has 1 saturated carbocycles. The van der Waals surface area contributed by atoms with Crippen LogP contribution < -0.4 is 0 Å². The molecule has 0 spiro atoms. The fraction of sp³-hybridized carbons (Fsp3) is 0.917. The molecule has 1 aliphatic rings. The minimum atomic E-state index is 0.192. The summed E-state index contributed by atoms with van der Waals surface area (Å²) in [5, 5.41) is 0. The van der Waals surface area contributed by atoms with Crippen LogP contribution >= 0.6 is 0 Å². The third-order valence-electron chi connectivity index (χ3n) is 3.10. The van der Waals surface area contributed by atoms with Gasteiger partial charge in [-0.25, -0.2) is 0 Å². The van der Waals surface area contributed by atoms with Crippen molar-refractivity contribution in [3.63, 3.8) is 0 Å². The molecule has 82 valence electrons. The van der Waals surface area contributed by atoms with E-state index in [1.54, 1.807) is 0 Å². The van der Waals surface area contributed by atoms with E-state index in [0.717, 1.165) is 25.8 Å². The van der Waals surface area contributed by atoms with E-state index in [9.17, 15) is 4.79 Å². The first-order valence-corrected chi connectivity index (χ1v) is 5.73. The summed E-state index contributed by atoms with van der Waals surface area (Å²) in [5.74, 6) is 0.448. The minimum Gasteiger partial charge on any atom is -0.300 e. The van der Waals surface area contributed by atoms with Gasteiger partial charge in [0.25, 0.3) is 0 Å². The van der Waals surface area contributed by atoms with Crippen LogP contribution in [0.2, 0.25) is 0 Å². The maximum Gasteiger partial charge on any atom is 0.134 e. The molecule has 1 atom stereocenters. The topological polar surface area (TPSA) is 20.3 Å². The molecule has 2 heteroatoms. The fourth-order valence-corrected chi connectivity index (χ4v) is 2.55. The number of ketones is 1. The normalized spacial score (nSPS) is 24.4. The number of rotatable bonds is 2. The van der Waals surface area contributed by atoms with Crippen LogP contribution in [0.1, 0.15) is 53.4 Å². The zero-order valence-corrected chi connectivity index (χ0v) is 9.97. The molecule has 0 amide bonds. The second-order valence-electron chi connectivity index (χ2n) is 5.25. The Morgan fingerprint density at radius 3 is 2.50 bits per heavy atom. The lowest BCUT2D eigenvalue weighted by molar-refractivity contribution is -0.122. The molecule has 1 rings (SSSR count). The molecule has 2 nitrogen and oxygen atoms in total. The van der Waals surface area contributed by atoms with Gasteiger partial charge in [0.05, 0.1) is 0 Å². The highest BCUT2D eigenvalue weighted by molar-refractivity contribution is 5.79. The molecule has 0 bridgehead atoms. The van der Waals surface area contributed by atoms with E-state index in [1.807, 2.05) is 0 Å². The highest BCUT2D eigenvalue weighted by Crippen LogP contribution is 2.26. The van der Waals surface area contributed by atoms with E-state index < -0.39 is 0 Å². The van der Waals surface area contributed by atoms with E-state index in [0.29, 0.717) is 11.8 Å². The molecule has 0 saturated heterocycles. The van der Waals surface area contributed by atoms with E-state index in [2.05, 4.69) is 32.6 Å². The number of hydrogen-bond donors (Lipinski definition) is 0. The average Bonchev–Trinajstić information content (AvgIpc) is 2.02. The summed E-state index contributed by atoms with van der Waals surface area (Å²) in [6.45, 7) is 9.92. The van der Waals surface area contributed by atoms with Gasteiger partial charge in [-0.2, -0.15) is 0 Å². The van der Waals surface area contributed by atoms with Gasteiger partial charge in [0, 0.05) is 24.4 Å². The number of carbonyl (C=O) groups is 1. The second kappa shape index (κ2) is 4.43. The summed E-state index contributed by atoms with van der Waals surface area (Å²) < 4.78 is 0. The van der Waals surface area contributed by atoms with E-state index in [1.165, 1.54) is 6.42 Å². The molecule has 1 unspecified atom stereocenters. The molecule has 0 aliphatic heterocycles. The van der Waals surface area contributed by atoms with Crippen molar-refractivity contribution >= 4 is 5.78 Å². The van der Waals surface area contributed by atoms with Crippen LogP contribution in [0.25, 0.3) is 0 Å². The Labute approximate surface area is 87.7 Å². The smallest absolute Gasteiger partial charge is 0.134 e. The second-order valence-corrected chi connectivity index (χ2v) is 5.25. The van der Waals surface area contributed by atoms with Crippen molar-refractivity contribution in [3.8, 4) is 0 Å². The Kier molecular flexibility index (Phi) is 3.71. The quantitative estimate of drug-likeness (QED) is 0.678. The highest BCUT2D eigenvalue weighted by atomic mass is 16.1. The third kappa shape index (κ3) is 2.81. The van der Waals surface area contributed by atoms with Gasteiger partial charge in [-0.3, -0.25) is 9.69 Å². The zero-order valence-electron chi connectivity index (χ0n) is 9.97. The van der Waals surface area contributed by atoms with Crippen molar-refractivity contribution in [1.29, 1.82) is 0 Å². The summed E-state index contributed by atoms with van der Waals surface area (Å²) in [4.78, 5) is 13.9. The van der Waals surface area contributed by atoms with Crippen molar-refractivity contribution in [1.82, 2.24) is 4.90 Å². The van der Waals surface area contributed by atoms with Crippen molar-refractivity contribution in [2.45, 2.75) is 65.0 Å². The number of hydrogen-bond acceptors (Lipinski definition) is 2. The molecule has 0 N–H and O–H groups in total. The Bertz CT molecular complexity index is 205. The maximum absolute atomic E-state index is 11.4. The van der Waals surface area contributed by atoms with Gasteiger partial charge in [-0.05, 0) is 40.2 Å². The van der Waals surface area contributed by atoms with E-state index >= 15 is 0 Å². The van der Waals surface area contributed by atoms with Crippen LogP contribution in [0.5, 0.6) is 0 Å². The van der Waals surface area contributed by atoms with Gasteiger partial charge in [-0.15, -0.1) is 0 Å². The van der Waals surface area contributed by atoms with Crippen molar-refractivity contribution in [3.05, 3.63) is 0 Å². The first-order chi connectivity index (χ1) is 6.45. The number of carbonyl (C=O) groups excluding carboxylic acids is 1. The lowest BCUT2D eigenvalue weighted by Gasteiger charge is -2.42. The predicted octanol–water partition coefficient (Wildman–Crippen LogP) is 2.62. The van der Waals surface area contributed by atoms with Gasteiger partial charge in [0.2, 0.25) is 0 Å². The summed E-state index contributed by atoms with van der Waals surface area (Å²) >= 11 is 0. The van der Waals surface area contributed by atoms with Gasteiger partial charge in [0.15, 0.2) is 0 Å². The Morgan fingerprint density at radius 1 is 1.43 bits per heavy atom. The maximum atomic E-state index is 11.4. The predicted molar refractivity (Wildman–Crippen MR) is 59.4 cm³/mol. The number of Topliss-reactive ketones (excluding diaryl/α,β-unsaturated/α-hetero) is 1. The fourth-order valence-electron chi connectivity index (χ4n) is 2.55. The lowest BCUT2D eigenvalue weighted by atomic mass is 9.90. The lowest BCUT2D eigenvalue weighted by Crippen LogP contribution is -2.49. The Balaban J connectivity index is 2.64. The van der Waals surface area contributed by atoms with Crippen LogP contribution in [0.15, 0.2) is 0 Å². The molecule has 14 heavy (non-hydrogen) atoms. The highest BCUT2D eigenvalue weighted by Gasteiger charge is 2.30. The molecule has 1 fully saturated rings. The van der Waals surface area contributed by atoms with Gasteiger partial charge >= 0.3 is 0 Å². The largest absolute Gasteiger partial charge is 0.300 e. The summed E-state index contributed by atoms with van der Waals surface area (Å²) in [5.41, 5.74) is 0.192. The SMILES string of the molecule is CCN(C1CCCC(=O)C1)C(C)(C)C. The van der Waals surface area contributed by atoms with Gasteiger partial charge in [-0.1, -0.05) is 6.92 Å². The monoisotopic (exact) mass is 197 g/mol. The molecular formula is C12H23NO. The van der Waals surface area contributed by atoms with Crippen LogP contribution in [-0.4, -0.2) is 28.8 Å². The standard InChI is InChI=1S/C12H23NO/c1-5-13(12(2,3)4)10-7-6-8-11(14)9-10/h10H,5-9H2,1-4H3. The molecule has 0 aromatic heterocycles. The van der Waals surface area contributed by atoms with Crippen LogP contribution in [0, 0.1) is 0 Å². The van der Waals surface area contributed by atoms with Crippen molar-refractivity contribution < 1.29 is 4.79 Å². The average molecular weight is 197 g/mol. The third-order valence-corrected chi connectivity index (χ3v) is 3.10. The molecular weight excluding hydrogens is 174 g/mol. The molecule has 0 aromatic carbocycles. The van der Waals surface area contributed by atoms with Gasteiger partial charge in [0.1, 0.15) is 5.78 Å². The van der Waals surface area contributed by atoms with Crippen molar-refractivity contribution in [2.75, 3.05) is 6.54 Å². The summed E-state index contributed by atoms with van der Waals surface area (Å²) in [7, 11) is 0. The van der Waals surface area contributed by atoms with Crippen LogP contribution in [-0.2, 0) is 4.79 Å². The first-order valence-electron chi connectivity index (χ1n) is 5.73. The Morgan fingerprint density at radius 2 is 2.07 bits per heavy atom. The Hall–Kier alpha value is -0.370. The molecule has 0 radical (unpaired) electrons. The van der Waals surface area contributed by atoms with E-state index in [-0.39, 0.29) is 5.54 Å². The van der Waals surface area contributed by atoms with Crippen molar-refractivity contribution in [2.24, 2.45) is 0 Å². The molecule has 0 aromatic rings. The first kappa shape index (κ1) is 11.7. The molecule has 0 heterocycles. The van der Waals surface area contributed by atoms with Crippen LogP contribution in [0.3, 0.4) is 0 Å². The minimum absolute atomic E-state index is 0.192. The van der Waals surface area contributed by atoms with E-state index in [4.69, 9.17) is 0 Å². The van der Waals surface area contributed by atoms with Gasteiger partial charge < -0.3 is 0 Å². The summed E-state index contributed by atoms with van der Waals surface area (Å²) in [6, 6.07) is 0.487. The summed E-state index contributed by atoms with van der Waals surface area (Å²) in [6.07, 6.45) is 3.84. The zero-order chi connectivity index (χ0) is 10.8. The molecule has 1 aliphatic carbocycles. The van der Waals surface area contributed by atoms with Crippen LogP contribution in [0.4, 0.5) is 0 Å².